The molecule has 4 rings (SSSR count). The molecule has 7 unspecified atom stereocenters. The van der Waals surface area contributed by atoms with Gasteiger partial charge in [0.05, 0.1) is 17.8 Å². The Labute approximate surface area is 109 Å². The average Bonchev–Trinajstić information content (AvgIpc) is 2.29. The van der Waals surface area contributed by atoms with E-state index < -0.39 is 23.2 Å². The Hall–Kier alpha value is -0.120. The van der Waals surface area contributed by atoms with Gasteiger partial charge in [0, 0.05) is 5.41 Å². The van der Waals surface area contributed by atoms with Gasteiger partial charge in [-0.05, 0) is 42.4 Å². The van der Waals surface area contributed by atoms with Crippen molar-refractivity contribution in [3.63, 3.8) is 0 Å². The van der Waals surface area contributed by atoms with Crippen molar-refractivity contribution in [3.05, 3.63) is 0 Å². The Morgan fingerprint density at radius 3 is 2.28 bits per heavy atom. The summed E-state index contributed by atoms with van der Waals surface area (Å²) in [6, 6.07) is 0. The first-order valence-corrected chi connectivity index (χ1v) is 7.26. The molecule has 0 aromatic rings. The van der Waals surface area contributed by atoms with Gasteiger partial charge >= 0.3 is 0 Å². The monoisotopic (exact) mass is 254 g/mol. The Balaban J connectivity index is 2.19. The van der Waals surface area contributed by atoms with E-state index in [9.17, 15) is 15.3 Å². The molecule has 104 valence electrons. The van der Waals surface area contributed by atoms with E-state index >= 15 is 0 Å². The average molecular weight is 254 g/mol. The minimum Gasteiger partial charge on any atom is -0.390 e. The summed E-state index contributed by atoms with van der Waals surface area (Å²) in [6.07, 6.45) is 1.23. The molecule has 18 heavy (non-hydrogen) atoms. The Morgan fingerprint density at radius 2 is 1.67 bits per heavy atom. The van der Waals surface area contributed by atoms with Crippen LogP contribution in [0.1, 0.15) is 47.0 Å². The van der Waals surface area contributed by atoms with Crippen LogP contribution in [0.15, 0.2) is 0 Å². The molecule has 4 aliphatic rings. The lowest BCUT2D eigenvalue weighted by molar-refractivity contribution is -0.352. The fourth-order valence-corrected chi connectivity index (χ4v) is 5.78. The topological polar surface area (TPSA) is 60.7 Å². The van der Waals surface area contributed by atoms with E-state index in [0.29, 0.717) is 11.8 Å². The van der Waals surface area contributed by atoms with Crippen LogP contribution in [0.4, 0.5) is 0 Å². The maximum absolute atomic E-state index is 11.3. The van der Waals surface area contributed by atoms with E-state index in [1.54, 1.807) is 0 Å². The summed E-state index contributed by atoms with van der Waals surface area (Å²) in [5.74, 6) is 0.857. The number of hydrogen-bond donors (Lipinski definition) is 3. The third kappa shape index (κ3) is 1.05. The fourth-order valence-electron chi connectivity index (χ4n) is 5.78. The molecule has 0 heterocycles. The van der Waals surface area contributed by atoms with E-state index in [-0.39, 0.29) is 11.3 Å². The molecule has 4 aliphatic carbocycles. The molecule has 0 aromatic heterocycles. The molecule has 7 atom stereocenters. The molecule has 4 fully saturated rings. The summed E-state index contributed by atoms with van der Waals surface area (Å²) in [5.41, 5.74) is -1.74. The van der Waals surface area contributed by atoms with Crippen molar-refractivity contribution in [2.75, 3.05) is 0 Å². The first-order chi connectivity index (χ1) is 8.18. The predicted molar refractivity (Wildman–Crippen MR) is 68.8 cm³/mol. The SMILES string of the molecule is CC1CCC2(O)C(C)(C)C3CC1C2(C)C(O)C3O. The van der Waals surface area contributed by atoms with Crippen molar-refractivity contribution in [3.8, 4) is 0 Å². The number of rotatable bonds is 0. The van der Waals surface area contributed by atoms with Crippen molar-refractivity contribution in [2.45, 2.75) is 64.8 Å². The maximum atomic E-state index is 11.3. The van der Waals surface area contributed by atoms with Crippen LogP contribution in [-0.4, -0.2) is 33.1 Å². The van der Waals surface area contributed by atoms with E-state index in [0.717, 1.165) is 19.3 Å². The molecule has 0 spiro atoms. The van der Waals surface area contributed by atoms with Crippen LogP contribution in [-0.2, 0) is 0 Å². The third-order valence-electron chi connectivity index (χ3n) is 7.16. The zero-order valence-electron chi connectivity index (χ0n) is 11.8. The normalized spacial score (nSPS) is 61.8. The molecule has 0 amide bonds. The van der Waals surface area contributed by atoms with Gasteiger partial charge in [0.1, 0.15) is 0 Å². The third-order valence-corrected chi connectivity index (χ3v) is 7.16. The van der Waals surface area contributed by atoms with Gasteiger partial charge < -0.3 is 15.3 Å². The van der Waals surface area contributed by atoms with Crippen molar-refractivity contribution < 1.29 is 15.3 Å². The second-order valence-electron chi connectivity index (χ2n) is 7.76. The molecule has 3 N–H and O–H groups in total. The lowest BCUT2D eigenvalue weighted by Gasteiger charge is -2.74. The Morgan fingerprint density at radius 1 is 1.06 bits per heavy atom. The van der Waals surface area contributed by atoms with Crippen LogP contribution < -0.4 is 0 Å². The zero-order valence-corrected chi connectivity index (χ0v) is 11.8. The molecule has 0 radical (unpaired) electrons. The fraction of sp³-hybridized carbons (Fsp3) is 1.00. The highest BCUT2D eigenvalue weighted by molar-refractivity contribution is 5.24. The quantitative estimate of drug-likeness (QED) is 0.614. The highest BCUT2D eigenvalue weighted by Crippen LogP contribution is 2.71. The number of hydrogen-bond acceptors (Lipinski definition) is 3. The largest absolute Gasteiger partial charge is 0.390 e. The molecule has 4 bridgehead atoms. The maximum Gasteiger partial charge on any atom is 0.0885 e. The molecule has 3 nitrogen and oxygen atoms in total. The highest BCUT2D eigenvalue weighted by Gasteiger charge is 2.75. The van der Waals surface area contributed by atoms with E-state index in [1.165, 1.54) is 0 Å². The molecule has 0 aromatic carbocycles. The highest BCUT2D eigenvalue weighted by atomic mass is 16.3. The van der Waals surface area contributed by atoms with Gasteiger partial charge in [0.25, 0.3) is 0 Å². The van der Waals surface area contributed by atoms with Gasteiger partial charge in [-0.3, -0.25) is 0 Å². The van der Waals surface area contributed by atoms with E-state index in [4.69, 9.17) is 0 Å². The second-order valence-corrected chi connectivity index (χ2v) is 7.76. The smallest absolute Gasteiger partial charge is 0.0885 e. The van der Waals surface area contributed by atoms with Crippen LogP contribution >= 0.6 is 0 Å². The standard InChI is InChI=1S/C15H26O3/c1-8-5-6-15(18)13(2,3)10-7-9(8)14(15,4)12(17)11(10)16/h8-12,16-18H,5-7H2,1-4H3. The van der Waals surface area contributed by atoms with Gasteiger partial charge in [0.2, 0.25) is 0 Å². The Bertz CT molecular complexity index is 380. The molecule has 4 saturated carbocycles. The van der Waals surface area contributed by atoms with Gasteiger partial charge in [-0.25, -0.2) is 0 Å². The van der Waals surface area contributed by atoms with Crippen molar-refractivity contribution in [1.82, 2.24) is 0 Å². The number of aliphatic hydroxyl groups excluding tert-OH is 2. The lowest BCUT2D eigenvalue weighted by Crippen LogP contribution is -2.79. The molecule has 0 aliphatic heterocycles. The first-order valence-electron chi connectivity index (χ1n) is 7.26. The summed E-state index contributed by atoms with van der Waals surface area (Å²) in [4.78, 5) is 0. The van der Waals surface area contributed by atoms with Crippen molar-refractivity contribution >= 4 is 0 Å². The second kappa shape index (κ2) is 3.31. The van der Waals surface area contributed by atoms with Crippen molar-refractivity contribution in [2.24, 2.45) is 28.6 Å². The van der Waals surface area contributed by atoms with Gasteiger partial charge in [0.15, 0.2) is 0 Å². The van der Waals surface area contributed by atoms with Crippen molar-refractivity contribution in [1.29, 1.82) is 0 Å². The zero-order chi connectivity index (χ0) is 13.5. The van der Waals surface area contributed by atoms with E-state index in [1.807, 2.05) is 6.92 Å². The van der Waals surface area contributed by atoms with Crippen LogP contribution in [0.2, 0.25) is 0 Å². The molecular formula is C15H26O3. The summed E-state index contributed by atoms with van der Waals surface area (Å²) < 4.78 is 0. The van der Waals surface area contributed by atoms with Crippen LogP contribution in [0.3, 0.4) is 0 Å². The summed E-state index contributed by atoms with van der Waals surface area (Å²) in [5, 5.41) is 32.2. The van der Waals surface area contributed by atoms with Gasteiger partial charge in [-0.1, -0.05) is 27.7 Å². The van der Waals surface area contributed by atoms with Gasteiger partial charge in [-0.2, -0.15) is 0 Å². The van der Waals surface area contributed by atoms with Crippen LogP contribution in [0.5, 0.6) is 0 Å². The predicted octanol–water partition coefficient (Wildman–Crippen LogP) is 1.55. The van der Waals surface area contributed by atoms with Crippen LogP contribution in [0.25, 0.3) is 0 Å². The minimum absolute atomic E-state index is 0.00655. The van der Waals surface area contributed by atoms with Crippen LogP contribution in [0, 0.1) is 28.6 Å². The van der Waals surface area contributed by atoms with E-state index in [2.05, 4.69) is 20.8 Å². The van der Waals surface area contributed by atoms with Gasteiger partial charge in [-0.15, -0.1) is 0 Å². The number of aliphatic hydroxyl groups is 3. The summed E-state index contributed by atoms with van der Waals surface area (Å²) in [7, 11) is 0. The summed E-state index contributed by atoms with van der Waals surface area (Å²) in [6.45, 7) is 8.36. The summed E-state index contributed by atoms with van der Waals surface area (Å²) >= 11 is 0. The lowest BCUT2D eigenvalue weighted by atomic mass is 9.34. The molecule has 0 saturated heterocycles. The minimum atomic E-state index is -0.848. The molecule has 3 heteroatoms. The molecular weight excluding hydrogens is 228 g/mol. The number of fused-ring (bicyclic) bond motifs is 1. The first kappa shape index (κ1) is 12.9. The Kier molecular flexibility index (Phi) is 2.37.